The van der Waals surface area contributed by atoms with E-state index in [4.69, 9.17) is 4.74 Å². The normalized spacial score (nSPS) is 34.6. The molecule has 1 aliphatic heterocycles. The zero-order chi connectivity index (χ0) is 13.8. The Labute approximate surface area is 114 Å². The van der Waals surface area contributed by atoms with E-state index in [9.17, 15) is 0 Å². The number of ether oxygens (including phenoxy) is 1. The largest absolute Gasteiger partial charge is 0.374 e. The predicted octanol–water partition coefficient (Wildman–Crippen LogP) is 5.21. The van der Waals surface area contributed by atoms with Crippen LogP contribution in [0.4, 0.5) is 0 Å². The van der Waals surface area contributed by atoms with Gasteiger partial charge in [0.25, 0.3) is 0 Å². The van der Waals surface area contributed by atoms with Gasteiger partial charge in [0.1, 0.15) is 0 Å². The van der Waals surface area contributed by atoms with Gasteiger partial charge in [-0.2, -0.15) is 0 Å². The molecule has 0 N–H and O–H groups in total. The molecule has 3 unspecified atom stereocenters. The Kier molecular flexibility index (Phi) is 5.91. The molecule has 1 nitrogen and oxygen atoms in total. The van der Waals surface area contributed by atoms with E-state index in [1.54, 1.807) is 0 Å². The van der Waals surface area contributed by atoms with E-state index in [1.807, 2.05) is 13.8 Å². The number of hydrogen-bond acceptors (Lipinski definition) is 1. The summed E-state index contributed by atoms with van der Waals surface area (Å²) in [6.45, 7) is 14.4. The molecule has 0 saturated heterocycles. The molecule has 1 heterocycles. The maximum absolute atomic E-state index is 5.86. The third kappa shape index (κ3) is 3.60. The van der Waals surface area contributed by atoms with Gasteiger partial charge in [0, 0.05) is 0 Å². The van der Waals surface area contributed by atoms with Gasteiger partial charge in [0.2, 0.25) is 0 Å². The summed E-state index contributed by atoms with van der Waals surface area (Å²) in [5.74, 6) is 1.73. The topological polar surface area (TPSA) is 9.23 Å². The molecule has 3 atom stereocenters. The molecule has 1 fully saturated rings. The molecule has 2 rings (SSSR count). The Morgan fingerprint density at radius 1 is 1.28 bits per heavy atom. The molecule has 0 amide bonds. The van der Waals surface area contributed by atoms with Crippen molar-refractivity contribution in [2.75, 3.05) is 6.61 Å². The summed E-state index contributed by atoms with van der Waals surface area (Å²) in [6, 6.07) is 0. The summed E-state index contributed by atoms with van der Waals surface area (Å²) in [6.07, 6.45) is 7.93. The molecule has 1 heteroatoms. The van der Waals surface area contributed by atoms with Gasteiger partial charge in [0.15, 0.2) is 0 Å². The minimum atomic E-state index is 0.486. The molecule has 0 bridgehead atoms. The van der Waals surface area contributed by atoms with Crippen molar-refractivity contribution in [2.45, 2.75) is 73.3 Å². The van der Waals surface area contributed by atoms with Crippen LogP contribution in [0.2, 0.25) is 0 Å². The highest BCUT2D eigenvalue weighted by atomic mass is 16.5. The zero-order valence-electron chi connectivity index (χ0n) is 13.3. The lowest BCUT2D eigenvalue weighted by Gasteiger charge is -2.34. The van der Waals surface area contributed by atoms with Crippen molar-refractivity contribution in [1.82, 2.24) is 0 Å². The molecule has 18 heavy (non-hydrogen) atoms. The van der Waals surface area contributed by atoms with Crippen molar-refractivity contribution in [1.29, 1.82) is 0 Å². The SMILES string of the molecule is CC.CC1=CCOC(CC2CCC(C)C2(C)C)C1. The van der Waals surface area contributed by atoms with Gasteiger partial charge in [-0.15, -0.1) is 0 Å². The Morgan fingerprint density at radius 2 is 1.94 bits per heavy atom. The highest BCUT2D eigenvalue weighted by Gasteiger charge is 2.41. The maximum Gasteiger partial charge on any atom is 0.0653 e. The summed E-state index contributed by atoms with van der Waals surface area (Å²) in [7, 11) is 0. The first kappa shape index (κ1) is 15.8. The second-order valence-electron chi connectivity index (χ2n) is 6.44. The first-order chi connectivity index (χ1) is 8.50. The van der Waals surface area contributed by atoms with Gasteiger partial charge < -0.3 is 4.74 Å². The average molecular weight is 252 g/mol. The molecule has 0 aromatic heterocycles. The lowest BCUT2D eigenvalue weighted by molar-refractivity contribution is 0.0285. The lowest BCUT2D eigenvalue weighted by Crippen LogP contribution is -2.29. The van der Waals surface area contributed by atoms with Gasteiger partial charge in [-0.25, -0.2) is 0 Å². The van der Waals surface area contributed by atoms with Crippen LogP contribution in [0.5, 0.6) is 0 Å². The molecule has 1 saturated carbocycles. The van der Waals surface area contributed by atoms with Crippen LogP contribution in [0.3, 0.4) is 0 Å². The van der Waals surface area contributed by atoms with E-state index in [2.05, 4.69) is 33.8 Å². The molecule has 2 aliphatic rings. The summed E-state index contributed by atoms with van der Waals surface area (Å²) in [5, 5.41) is 0. The zero-order valence-corrected chi connectivity index (χ0v) is 13.3. The van der Waals surface area contributed by atoms with Crippen molar-refractivity contribution in [2.24, 2.45) is 17.3 Å². The minimum absolute atomic E-state index is 0.486. The van der Waals surface area contributed by atoms with Gasteiger partial charge >= 0.3 is 0 Å². The Morgan fingerprint density at radius 3 is 2.44 bits per heavy atom. The van der Waals surface area contributed by atoms with Crippen LogP contribution in [0.25, 0.3) is 0 Å². The molecular weight excluding hydrogens is 220 g/mol. The smallest absolute Gasteiger partial charge is 0.0653 e. The molecule has 0 aromatic rings. The Bertz CT molecular complexity index is 277. The molecule has 0 radical (unpaired) electrons. The summed E-state index contributed by atoms with van der Waals surface area (Å²) >= 11 is 0. The van der Waals surface area contributed by atoms with Crippen LogP contribution >= 0.6 is 0 Å². The fraction of sp³-hybridized carbons (Fsp3) is 0.882. The first-order valence-corrected chi connectivity index (χ1v) is 7.77. The monoisotopic (exact) mass is 252 g/mol. The maximum atomic E-state index is 5.86. The van der Waals surface area contributed by atoms with Crippen LogP contribution < -0.4 is 0 Å². The third-order valence-corrected chi connectivity index (χ3v) is 5.13. The molecule has 106 valence electrons. The van der Waals surface area contributed by atoms with Crippen LogP contribution in [-0.4, -0.2) is 12.7 Å². The summed E-state index contributed by atoms with van der Waals surface area (Å²) in [5.41, 5.74) is 2.03. The number of rotatable bonds is 2. The Balaban J connectivity index is 0.000000771. The van der Waals surface area contributed by atoms with Crippen molar-refractivity contribution in [3.8, 4) is 0 Å². The molecule has 0 aromatic carbocycles. The third-order valence-electron chi connectivity index (χ3n) is 5.13. The minimum Gasteiger partial charge on any atom is -0.374 e. The predicted molar refractivity (Wildman–Crippen MR) is 79.7 cm³/mol. The van der Waals surface area contributed by atoms with E-state index >= 15 is 0 Å². The van der Waals surface area contributed by atoms with E-state index in [0.29, 0.717) is 11.5 Å². The summed E-state index contributed by atoms with van der Waals surface area (Å²) in [4.78, 5) is 0. The van der Waals surface area contributed by atoms with E-state index in [-0.39, 0.29) is 0 Å². The van der Waals surface area contributed by atoms with E-state index < -0.39 is 0 Å². The molecule has 1 aliphatic carbocycles. The average Bonchev–Trinajstić information content (AvgIpc) is 2.59. The van der Waals surface area contributed by atoms with Gasteiger partial charge in [-0.05, 0) is 49.9 Å². The first-order valence-electron chi connectivity index (χ1n) is 7.77. The van der Waals surface area contributed by atoms with Crippen LogP contribution in [-0.2, 0) is 4.74 Å². The van der Waals surface area contributed by atoms with E-state index in [1.165, 1.54) is 24.8 Å². The molecular formula is C17H32O. The second-order valence-corrected chi connectivity index (χ2v) is 6.44. The van der Waals surface area contributed by atoms with Gasteiger partial charge in [0.05, 0.1) is 12.7 Å². The lowest BCUT2D eigenvalue weighted by atomic mass is 9.74. The van der Waals surface area contributed by atoms with Crippen molar-refractivity contribution < 1.29 is 4.74 Å². The fourth-order valence-corrected chi connectivity index (χ4v) is 3.32. The van der Waals surface area contributed by atoms with Crippen molar-refractivity contribution in [3.05, 3.63) is 11.6 Å². The van der Waals surface area contributed by atoms with Crippen LogP contribution in [0.1, 0.15) is 67.2 Å². The standard InChI is InChI=1S/C15H26O.C2H6/c1-11-7-8-16-14(9-11)10-13-6-5-12(2)15(13,3)4;1-2/h7,12-14H,5-6,8-10H2,1-4H3;1-2H3. The van der Waals surface area contributed by atoms with Gasteiger partial charge in [-0.1, -0.05) is 46.3 Å². The van der Waals surface area contributed by atoms with Crippen LogP contribution in [0.15, 0.2) is 11.6 Å². The summed E-state index contributed by atoms with van der Waals surface area (Å²) < 4.78 is 5.86. The quantitative estimate of drug-likeness (QED) is 0.613. The Hall–Kier alpha value is -0.300. The second kappa shape index (κ2) is 6.75. The fourth-order valence-electron chi connectivity index (χ4n) is 3.32. The number of hydrogen-bond donors (Lipinski definition) is 0. The van der Waals surface area contributed by atoms with Crippen molar-refractivity contribution in [3.63, 3.8) is 0 Å². The van der Waals surface area contributed by atoms with E-state index in [0.717, 1.165) is 24.9 Å². The van der Waals surface area contributed by atoms with Crippen molar-refractivity contribution >= 4 is 0 Å². The highest BCUT2D eigenvalue weighted by Crippen LogP contribution is 2.49. The highest BCUT2D eigenvalue weighted by molar-refractivity contribution is 5.04. The molecule has 0 spiro atoms. The van der Waals surface area contributed by atoms with Crippen LogP contribution in [0, 0.1) is 17.3 Å². The van der Waals surface area contributed by atoms with Gasteiger partial charge in [-0.3, -0.25) is 0 Å².